The third-order valence-electron chi connectivity index (χ3n) is 8.83. The SMILES string of the molecule is CC(C)Cc1ccc(/C=C/C(=O)O[C@H]2[C@@H]3[C@H](C)CC[C@H]3[C@]3(C)O[C@@]2(C(C)C)C[C@H]3OC(=O)CO)cc1. The van der Waals surface area contributed by atoms with Crippen LogP contribution in [-0.2, 0) is 30.2 Å². The summed E-state index contributed by atoms with van der Waals surface area (Å²) in [5, 5.41) is 9.31. The minimum Gasteiger partial charge on any atom is -0.457 e. The van der Waals surface area contributed by atoms with E-state index in [9.17, 15) is 14.7 Å². The Morgan fingerprint density at radius 3 is 2.44 bits per heavy atom. The Morgan fingerprint density at radius 1 is 1.14 bits per heavy atom. The Balaban J connectivity index is 1.57. The Bertz CT molecular complexity index is 982. The number of fused-ring (bicyclic) bond motifs is 4. The van der Waals surface area contributed by atoms with Gasteiger partial charge in [-0.05, 0) is 67.1 Å². The quantitative estimate of drug-likeness (QED) is 0.403. The van der Waals surface area contributed by atoms with E-state index < -0.39 is 36.0 Å². The maximum atomic E-state index is 13.1. The molecule has 2 aliphatic heterocycles. The zero-order valence-corrected chi connectivity index (χ0v) is 22.5. The summed E-state index contributed by atoms with van der Waals surface area (Å²) in [7, 11) is 0. The van der Waals surface area contributed by atoms with Gasteiger partial charge in [0.15, 0.2) is 0 Å². The van der Waals surface area contributed by atoms with Gasteiger partial charge in [0.2, 0.25) is 0 Å². The predicted octanol–water partition coefficient (Wildman–Crippen LogP) is 4.96. The second kappa shape index (κ2) is 10.3. The van der Waals surface area contributed by atoms with Crippen molar-refractivity contribution < 1.29 is 28.9 Å². The number of benzene rings is 1. The van der Waals surface area contributed by atoms with Crippen LogP contribution in [0.5, 0.6) is 0 Å². The molecule has 6 heteroatoms. The molecule has 1 aromatic rings. The zero-order chi connectivity index (χ0) is 26.3. The van der Waals surface area contributed by atoms with Crippen LogP contribution in [0.4, 0.5) is 0 Å². The molecule has 2 heterocycles. The molecule has 36 heavy (non-hydrogen) atoms. The van der Waals surface area contributed by atoms with Crippen molar-refractivity contribution in [1.82, 2.24) is 0 Å². The Hall–Kier alpha value is -2.18. The average Bonchev–Trinajstić information content (AvgIpc) is 3.34. The minimum absolute atomic E-state index is 0.0404. The molecule has 1 N–H and O–H groups in total. The van der Waals surface area contributed by atoms with E-state index in [-0.39, 0.29) is 23.7 Å². The van der Waals surface area contributed by atoms with Crippen LogP contribution >= 0.6 is 0 Å². The lowest BCUT2D eigenvalue weighted by molar-refractivity contribution is -0.264. The first-order chi connectivity index (χ1) is 17.0. The van der Waals surface area contributed by atoms with Crippen LogP contribution < -0.4 is 0 Å². The van der Waals surface area contributed by atoms with Gasteiger partial charge in [-0.15, -0.1) is 0 Å². The van der Waals surface area contributed by atoms with E-state index in [0.29, 0.717) is 18.3 Å². The number of aliphatic hydroxyl groups is 1. The lowest BCUT2D eigenvalue weighted by Crippen LogP contribution is -2.62. The van der Waals surface area contributed by atoms with Gasteiger partial charge in [-0.1, -0.05) is 58.9 Å². The molecule has 4 rings (SSSR count). The average molecular weight is 499 g/mol. The molecule has 2 bridgehead atoms. The fourth-order valence-electron chi connectivity index (χ4n) is 7.01. The van der Waals surface area contributed by atoms with Crippen molar-refractivity contribution in [1.29, 1.82) is 0 Å². The molecule has 3 fully saturated rings. The van der Waals surface area contributed by atoms with E-state index in [1.165, 1.54) is 11.6 Å². The molecule has 7 atom stereocenters. The lowest BCUT2D eigenvalue weighted by Gasteiger charge is -2.52. The molecule has 1 aliphatic carbocycles. The van der Waals surface area contributed by atoms with E-state index in [0.717, 1.165) is 24.8 Å². The van der Waals surface area contributed by atoms with Crippen molar-refractivity contribution in [2.24, 2.45) is 29.6 Å². The van der Waals surface area contributed by atoms with Crippen molar-refractivity contribution in [3.63, 3.8) is 0 Å². The molecule has 0 amide bonds. The van der Waals surface area contributed by atoms with Gasteiger partial charge in [-0.3, -0.25) is 0 Å². The zero-order valence-electron chi connectivity index (χ0n) is 22.5. The van der Waals surface area contributed by atoms with E-state index in [1.54, 1.807) is 6.08 Å². The monoisotopic (exact) mass is 498 g/mol. The third kappa shape index (κ3) is 4.87. The third-order valence-corrected chi connectivity index (χ3v) is 8.83. The van der Waals surface area contributed by atoms with E-state index in [1.807, 2.05) is 19.1 Å². The van der Waals surface area contributed by atoms with Crippen LogP contribution in [0.3, 0.4) is 0 Å². The van der Waals surface area contributed by atoms with Gasteiger partial charge in [-0.2, -0.15) is 0 Å². The fraction of sp³-hybridized carbons (Fsp3) is 0.667. The number of hydrogen-bond donors (Lipinski definition) is 1. The number of hydrogen-bond acceptors (Lipinski definition) is 6. The molecular formula is C30H42O6. The Labute approximate surface area is 215 Å². The second-order valence-electron chi connectivity index (χ2n) is 12.0. The number of rotatable bonds is 8. The topological polar surface area (TPSA) is 82.1 Å². The highest BCUT2D eigenvalue weighted by Gasteiger charge is 2.72. The molecule has 0 unspecified atom stereocenters. The van der Waals surface area contributed by atoms with Crippen molar-refractivity contribution in [3.05, 3.63) is 41.5 Å². The summed E-state index contributed by atoms with van der Waals surface area (Å²) in [6.07, 6.45) is 5.80. The summed E-state index contributed by atoms with van der Waals surface area (Å²) in [6.45, 7) is 12.1. The van der Waals surface area contributed by atoms with Gasteiger partial charge in [0, 0.05) is 18.4 Å². The van der Waals surface area contributed by atoms with Crippen LogP contribution in [0.2, 0.25) is 0 Å². The molecule has 2 saturated heterocycles. The summed E-state index contributed by atoms with van der Waals surface area (Å²) in [5.41, 5.74) is 0.817. The Kier molecular flexibility index (Phi) is 7.68. The van der Waals surface area contributed by atoms with Gasteiger partial charge in [0.1, 0.15) is 30.0 Å². The normalized spacial score (nSPS) is 35.4. The largest absolute Gasteiger partial charge is 0.457 e. The predicted molar refractivity (Wildman–Crippen MR) is 138 cm³/mol. The molecular weight excluding hydrogens is 456 g/mol. The summed E-state index contributed by atoms with van der Waals surface area (Å²) in [5.74, 6) is 0.197. The van der Waals surface area contributed by atoms with E-state index in [2.05, 4.69) is 46.8 Å². The van der Waals surface area contributed by atoms with Gasteiger partial charge in [-0.25, -0.2) is 9.59 Å². The fourth-order valence-corrected chi connectivity index (χ4v) is 7.01. The van der Waals surface area contributed by atoms with Crippen molar-refractivity contribution >= 4 is 18.0 Å². The maximum absolute atomic E-state index is 13.1. The second-order valence-corrected chi connectivity index (χ2v) is 12.0. The van der Waals surface area contributed by atoms with Gasteiger partial charge in [0.05, 0.1) is 0 Å². The molecule has 0 aromatic heterocycles. The Morgan fingerprint density at radius 2 is 1.83 bits per heavy atom. The van der Waals surface area contributed by atoms with Crippen LogP contribution in [0.25, 0.3) is 6.08 Å². The van der Waals surface area contributed by atoms with Gasteiger partial charge < -0.3 is 19.3 Å². The van der Waals surface area contributed by atoms with Crippen LogP contribution in [-0.4, -0.2) is 47.1 Å². The summed E-state index contributed by atoms with van der Waals surface area (Å²) < 4.78 is 18.8. The van der Waals surface area contributed by atoms with Gasteiger partial charge in [0.25, 0.3) is 0 Å². The smallest absolute Gasteiger partial charge is 0.332 e. The summed E-state index contributed by atoms with van der Waals surface area (Å²) >= 11 is 0. The first-order valence-corrected chi connectivity index (χ1v) is 13.5. The highest BCUT2D eigenvalue weighted by molar-refractivity contribution is 5.87. The number of esters is 2. The molecule has 0 radical (unpaired) electrons. The van der Waals surface area contributed by atoms with Crippen LogP contribution in [0.1, 0.15) is 71.9 Å². The molecule has 6 nitrogen and oxygen atoms in total. The number of carbonyl (C=O) groups is 2. The molecule has 1 aromatic carbocycles. The number of carbonyl (C=O) groups excluding carboxylic acids is 2. The van der Waals surface area contributed by atoms with E-state index in [4.69, 9.17) is 14.2 Å². The van der Waals surface area contributed by atoms with Crippen molar-refractivity contribution in [3.8, 4) is 0 Å². The molecule has 198 valence electrons. The number of ether oxygens (including phenoxy) is 3. The summed E-state index contributed by atoms with van der Waals surface area (Å²) in [4.78, 5) is 25.2. The maximum Gasteiger partial charge on any atom is 0.332 e. The standard InChI is InChI=1S/C30H42O6/c1-18(2)15-22-10-8-21(9-11-22)12-14-25(32)35-28-27-20(5)7-13-23(27)29(6)24(34-26(33)17-31)16-30(28,36-29)19(3)4/h8-12,14,18-20,23-24,27-28,31H,7,13,15-17H2,1-6H3/b14-12+/t20-,23-,24-,27-,28+,29+,30-/m1/s1. The highest BCUT2D eigenvalue weighted by atomic mass is 16.6. The highest BCUT2D eigenvalue weighted by Crippen LogP contribution is 2.63. The van der Waals surface area contributed by atoms with Crippen molar-refractivity contribution in [2.45, 2.75) is 90.6 Å². The van der Waals surface area contributed by atoms with Crippen molar-refractivity contribution in [2.75, 3.05) is 6.61 Å². The molecule has 3 aliphatic rings. The molecule has 1 saturated carbocycles. The van der Waals surface area contributed by atoms with E-state index >= 15 is 0 Å². The summed E-state index contributed by atoms with van der Waals surface area (Å²) in [6, 6.07) is 8.26. The molecule has 0 spiro atoms. The first kappa shape index (κ1) is 26.9. The van der Waals surface area contributed by atoms with Gasteiger partial charge >= 0.3 is 11.9 Å². The van der Waals surface area contributed by atoms with Crippen LogP contribution in [0, 0.1) is 29.6 Å². The number of aliphatic hydroxyl groups excluding tert-OH is 1. The lowest BCUT2D eigenvalue weighted by atomic mass is 9.69. The van der Waals surface area contributed by atoms with Crippen LogP contribution in [0.15, 0.2) is 30.3 Å². The minimum atomic E-state index is -0.753. The first-order valence-electron chi connectivity index (χ1n) is 13.5.